The number of fused-ring (bicyclic) bond motifs is 1. The van der Waals surface area contributed by atoms with E-state index in [0.29, 0.717) is 20.5 Å². The zero-order valence-corrected chi connectivity index (χ0v) is 19.7. The number of hydrogen-bond donors (Lipinski definition) is 0. The van der Waals surface area contributed by atoms with Crippen LogP contribution in [-0.2, 0) is 11.8 Å². The Hall–Kier alpha value is -2.32. The number of amides is 1. The van der Waals surface area contributed by atoms with E-state index >= 15 is 0 Å². The molecule has 2 aromatic rings. The molecule has 0 bridgehead atoms. The lowest BCUT2D eigenvalue weighted by atomic mass is 9.95. The summed E-state index contributed by atoms with van der Waals surface area (Å²) in [6.45, 7) is 4.75. The summed E-state index contributed by atoms with van der Waals surface area (Å²) in [4.78, 5) is 30.0. The van der Waals surface area contributed by atoms with Gasteiger partial charge in [0, 0.05) is 18.5 Å². The maximum atomic E-state index is 13.4. The molecule has 0 atom stereocenters. The van der Waals surface area contributed by atoms with Gasteiger partial charge in [-0.05, 0) is 38.8 Å². The van der Waals surface area contributed by atoms with E-state index < -0.39 is 0 Å². The Balaban J connectivity index is 1.65. The molecule has 1 amide bonds. The zero-order valence-electron chi connectivity index (χ0n) is 18.1. The number of thiazole rings is 1. The zero-order chi connectivity index (χ0) is 21.7. The van der Waals surface area contributed by atoms with Crippen LogP contribution in [0.15, 0.2) is 39.1 Å². The molecule has 0 radical (unpaired) electrons. The molecule has 1 saturated carbocycles. The molecule has 5 rings (SSSR count). The lowest BCUT2D eigenvalue weighted by Gasteiger charge is -2.27. The van der Waals surface area contributed by atoms with E-state index in [1.807, 2.05) is 19.1 Å². The molecule has 6 nitrogen and oxygen atoms in total. The van der Waals surface area contributed by atoms with Gasteiger partial charge in [0.25, 0.3) is 11.5 Å². The maximum absolute atomic E-state index is 13.4. The van der Waals surface area contributed by atoms with Crippen molar-refractivity contribution in [2.24, 2.45) is 12.1 Å². The van der Waals surface area contributed by atoms with Crippen LogP contribution >= 0.6 is 23.1 Å². The van der Waals surface area contributed by atoms with Crippen LogP contribution in [0.1, 0.15) is 46.0 Å². The molecule has 1 aromatic heterocycles. The number of hydrazone groups is 1. The molecular formula is C23H26N4O2S2. The number of rotatable bonds is 2. The third-order valence-corrected chi connectivity index (χ3v) is 8.85. The van der Waals surface area contributed by atoms with Crippen LogP contribution in [0, 0.1) is 0 Å². The third-order valence-electron chi connectivity index (χ3n) is 6.30. The molecule has 0 unspecified atom stereocenters. The van der Waals surface area contributed by atoms with Gasteiger partial charge in [0.15, 0.2) is 0 Å². The fourth-order valence-corrected chi connectivity index (χ4v) is 7.25. The lowest BCUT2D eigenvalue weighted by molar-refractivity contribution is -0.126. The summed E-state index contributed by atoms with van der Waals surface area (Å²) in [6, 6.07) is 8.40. The van der Waals surface area contributed by atoms with Crippen LogP contribution in [0.3, 0.4) is 0 Å². The SMILES string of the molecule is CCN1C(=c2sc(=C3C(=O)N(C4CCCCC4)N=C3C)n(C)c2=O)Sc2ccccc21. The van der Waals surface area contributed by atoms with Gasteiger partial charge < -0.3 is 9.47 Å². The van der Waals surface area contributed by atoms with E-state index in [4.69, 9.17) is 0 Å². The van der Waals surface area contributed by atoms with E-state index in [-0.39, 0.29) is 17.5 Å². The minimum atomic E-state index is -0.0625. The number of carbonyl (C=O) groups is 1. The first-order valence-corrected chi connectivity index (χ1v) is 12.5. The van der Waals surface area contributed by atoms with Gasteiger partial charge in [0.1, 0.15) is 14.2 Å². The topological polar surface area (TPSA) is 57.9 Å². The van der Waals surface area contributed by atoms with Crippen molar-refractivity contribution in [2.75, 3.05) is 11.4 Å². The van der Waals surface area contributed by atoms with E-state index in [1.165, 1.54) is 17.8 Å². The number of thioether (sulfide) groups is 1. The third kappa shape index (κ3) is 3.27. The summed E-state index contributed by atoms with van der Waals surface area (Å²) >= 11 is 3.04. The normalized spacial score (nSPS) is 22.9. The van der Waals surface area contributed by atoms with E-state index in [1.54, 1.807) is 28.4 Å². The van der Waals surface area contributed by atoms with Crippen molar-refractivity contribution in [3.63, 3.8) is 0 Å². The fraction of sp³-hybridized carbons (Fsp3) is 0.435. The summed E-state index contributed by atoms with van der Waals surface area (Å²) in [5.41, 5.74) is 2.36. The fourth-order valence-electron chi connectivity index (χ4n) is 4.67. The van der Waals surface area contributed by atoms with Crippen molar-refractivity contribution in [2.45, 2.75) is 56.9 Å². The smallest absolute Gasteiger partial charge is 0.279 e. The summed E-state index contributed by atoms with van der Waals surface area (Å²) in [5, 5.41) is 7.25. The van der Waals surface area contributed by atoms with Crippen molar-refractivity contribution in [3.8, 4) is 0 Å². The average Bonchev–Trinajstić information content (AvgIpc) is 3.40. The quantitative estimate of drug-likeness (QED) is 0.700. The predicted octanol–water partition coefficient (Wildman–Crippen LogP) is 2.85. The standard InChI is InChI=1S/C23H26N4O2S2/c1-4-26-16-12-8-9-13-17(16)30-23(26)19-21(29)25(3)22(31-19)18-14(2)24-27(20(18)28)15-10-6-5-7-11-15/h8-9,12-13,15H,4-7,10-11H2,1-3H3. The first kappa shape index (κ1) is 20.6. The van der Waals surface area contributed by atoms with Crippen LogP contribution in [0.25, 0.3) is 10.6 Å². The van der Waals surface area contributed by atoms with E-state index in [9.17, 15) is 9.59 Å². The number of hydrogen-bond acceptors (Lipinski definition) is 6. The Morgan fingerprint density at radius 3 is 2.61 bits per heavy atom. The minimum Gasteiger partial charge on any atom is -0.334 e. The number of para-hydroxylation sites is 1. The van der Waals surface area contributed by atoms with Crippen molar-refractivity contribution >= 4 is 51.0 Å². The molecule has 162 valence electrons. The van der Waals surface area contributed by atoms with Crippen molar-refractivity contribution in [3.05, 3.63) is 43.8 Å². The Labute approximate surface area is 189 Å². The van der Waals surface area contributed by atoms with Crippen LogP contribution in [0.4, 0.5) is 5.69 Å². The van der Waals surface area contributed by atoms with Crippen molar-refractivity contribution < 1.29 is 4.79 Å². The molecular weight excluding hydrogens is 428 g/mol. The van der Waals surface area contributed by atoms with Gasteiger partial charge in [-0.1, -0.05) is 43.2 Å². The van der Waals surface area contributed by atoms with Gasteiger partial charge in [0.05, 0.1) is 23.0 Å². The van der Waals surface area contributed by atoms with E-state index in [0.717, 1.165) is 47.8 Å². The Bertz CT molecular complexity index is 1270. The molecule has 0 spiro atoms. The highest BCUT2D eigenvalue weighted by molar-refractivity contribution is 8.08. The number of anilines is 1. The van der Waals surface area contributed by atoms with Gasteiger partial charge in [0.2, 0.25) is 0 Å². The molecule has 1 aromatic carbocycles. The second kappa shape index (κ2) is 7.98. The lowest BCUT2D eigenvalue weighted by Crippen LogP contribution is -2.37. The molecule has 1 fully saturated rings. The summed E-state index contributed by atoms with van der Waals surface area (Å²) in [5.74, 6) is -0.0625. The number of benzene rings is 1. The molecule has 0 saturated heterocycles. The highest BCUT2D eigenvalue weighted by atomic mass is 32.2. The summed E-state index contributed by atoms with van der Waals surface area (Å²) in [6.07, 6.45) is 5.52. The minimum absolute atomic E-state index is 0.0574. The maximum Gasteiger partial charge on any atom is 0.279 e. The van der Waals surface area contributed by atoms with Gasteiger partial charge >= 0.3 is 0 Å². The van der Waals surface area contributed by atoms with Crippen molar-refractivity contribution in [1.82, 2.24) is 9.58 Å². The van der Waals surface area contributed by atoms with E-state index in [2.05, 4.69) is 29.1 Å². The predicted molar refractivity (Wildman–Crippen MR) is 128 cm³/mol. The molecule has 3 aliphatic rings. The Kier molecular flexibility index (Phi) is 5.30. The first-order chi connectivity index (χ1) is 15.0. The van der Waals surface area contributed by atoms with Crippen LogP contribution in [-0.4, -0.2) is 33.8 Å². The van der Waals surface area contributed by atoms with Gasteiger partial charge in [-0.15, -0.1) is 11.3 Å². The Morgan fingerprint density at radius 2 is 1.87 bits per heavy atom. The van der Waals surface area contributed by atoms with Crippen LogP contribution < -0.4 is 19.7 Å². The van der Waals surface area contributed by atoms with Gasteiger partial charge in [-0.3, -0.25) is 9.59 Å². The monoisotopic (exact) mass is 454 g/mol. The summed E-state index contributed by atoms with van der Waals surface area (Å²) in [7, 11) is 1.76. The molecule has 3 heterocycles. The summed E-state index contributed by atoms with van der Waals surface area (Å²) < 4.78 is 3.01. The van der Waals surface area contributed by atoms with Crippen molar-refractivity contribution in [1.29, 1.82) is 0 Å². The molecule has 1 aliphatic carbocycles. The number of aromatic nitrogens is 1. The van der Waals surface area contributed by atoms with Gasteiger partial charge in [-0.2, -0.15) is 5.10 Å². The molecule has 8 heteroatoms. The second-order valence-corrected chi connectivity index (χ2v) is 10.3. The van der Waals surface area contributed by atoms with Crippen LogP contribution in [0.5, 0.6) is 0 Å². The van der Waals surface area contributed by atoms with Gasteiger partial charge in [-0.25, -0.2) is 5.01 Å². The largest absolute Gasteiger partial charge is 0.334 e. The first-order valence-electron chi connectivity index (χ1n) is 10.9. The van der Waals surface area contributed by atoms with Crippen LogP contribution in [0.2, 0.25) is 0 Å². The average molecular weight is 455 g/mol. The molecule has 31 heavy (non-hydrogen) atoms. The highest BCUT2D eigenvalue weighted by Gasteiger charge is 2.35. The number of nitrogens with zero attached hydrogens (tertiary/aromatic N) is 4. The number of carbonyl (C=O) groups excluding carboxylic acids is 1. The Morgan fingerprint density at radius 1 is 1.13 bits per heavy atom. The molecule has 0 N–H and O–H groups in total. The molecule has 2 aliphatic heterocycles. The second-order valence-electron chi connectivity index (χ2n) is 8.22. The highest BCUT2D eigenvalue weighted by Crippen LogP contribution is 2.45.